The predicted molar refractivity (Wildman–Crippen MR) is 255 cm³/mol. The molecule has 0 atom stereocenters. The quantitative estimate of drug-likeness (QED) is 0.156. The Morgan fingerprint density at radius 2 is 0.817 bits per heavy atom. The zero-order valence-corrected chi connectivity index (χ0v) is 33.8. The fourth-order valence-corrected chi connectivity index (χ4v) is 9.73. The van der Waals surface area contributed by atoms with Crippen molar-refractivity contribution in [3.8, 4) is 55.6 Å². The highest BCUT2D eigenvalue weighted by Gasteiger charge is 2.36. The van der Waals surface area contributed by atoms with Crippen LogP contribution in [0.15, 0.2) is 224 Å². The molecular formula is C59H43N. The van der Waals surface area contributed by atoms with E-state index in [0.29, 0.717) is 0 Å². The van der Waals surface area contributed by atoms with E-state index in [-0.39, 0.29) is 5.41 Å². The predicted octanol–water partition coefficient (Wildman–Crippen LogP) is 16.4. The first-order valence-corrected chi connectivity index (χ1v) is 20.9. The SMILES string of the molecule is CC1(C)c2ccccc2-c2ccc(N(c3cc(-c4ccccc4)cc(-c4ccccc4)c3)c3cccc(-c4cccc5ccccc45)c3-c3cccc4ccccc34)cc21. The Kier molecular flexibility index (Phi) is 8.57. The maximum absolute atomic E-state index is 2.53. The Morgan fingerprint density at radius 3 is 1.50 bits per heavy atom. The van der Waals surface area contributed by atoms with Gasteiger partial charge in [0.1, 0.15) is 0 Å². The van der Waals surface area contributed by atoms with Crippen molar-refractivity contribution < 1.29 is 0 Å². The maximum Gasteiger partial charge on any atom is 0.0546 e. The summed E-state index contributed by atoms with van der Waals surface area (Å²) >= 11 is 0. The fraction of sp³-hybridized carbons (Fsp3) is 0.0508. The van der Waals surface area contributed by atoms with Crippen LogP contribution in [0, 0.1) is 0 Å². The topological polar surface area (TPSA) is 3.24 Å². The van der Waals surface area contributed by atoms with Gasteiger partial charge in [0.25, 0.3) is 0 Å². The summed E-state index contributed by atoms with van der Waals surface area (Å²) in [6.07, 6.45) is 0. The van der Waals surface area contributed by atoms with E-state index in [2.05, 4.69) is 243 Å². The summed E-state index contributed by atoms with van der Waals surface area (Å²) < 4.78 is 0. The van der Waals surface area contributed by atoms with E-state index < -0.39 is 0 Å². The van der Waals surface area contributed by atoms with Gasteiger partial charge in [0.15, 0.2) is 0 Å². The highest BCUT2D eigenvalue weighted by atomic mass is 15.1. The molecular weight excluding hydrogens is 723 g/mol. The molecule has 11 rings (SSSR count). The van der Waals surface area contributed by atoms with Crippen molar-refractivity contribution in [2.24, 2.45) is 0 Å². The molecule has 0 radical (unpaired) electrons. The first-order chi connectivity index (χ1) is 29.5. The molecule has 0 bridgehead atoms. The lowest BCUT2D eigenvalue weighted by molar-refractivity contribution is 0.660. The lowest BCUT2D eigenvalue weighted by Crippen LogP contribution is -2.17. The minimum Gasteiger partial charge on any atom is -0.310 e. The summed E-state index contributed by atoms with van der Waals surface area (Å²) in [5.41, 5.74) is 18.0. The highest BCUT2D eigenvalue weighted by Crippen LogP contribution is 2.53. The number of benzene rings is 10. The van der Waals surface area contributed by atoms with Crippen LogP contribution in [-0.4, -0.2) is 0 Å². The van der Waals surface area contributed by atoms with Crippen LogP contribution >= 0.6 is 0 Å². The molecule has 0 unspecified atom stereocenters. The number of hydrogen-bond acceptors (Lipinski definition) is 1. The van der Waals surface area contributed by atoms with Gasteiger partial charge in [-0.3, -0.25) is 0 Å². The second-order valence-electron chi connectivity index (χ2n) is 16.5. The number of hydrogen-bond donors (Lipinski definition) is 0. The number of fused-ring (bicyclic) bond motifs is 5. The van der Waals surface area contributed by atoms with E-state index >= 15 is 0 Å². The maximum atomic E-state index is 2.53. The molecule has 0 aromatic heterocycles. The van der Waals surface area contributed by atoms with Crippen molar-refractivity contribution in [2.75, 3.05) is 4.90 Å². The summed E-state index contributed by atoms with van der Waals surface area (Å²) in [6.45, 7) is 4.75. The van der Waals surface area contributed by atoms with Gasteiger partial charge in [-0.05, 0) is 119 Å². The normalized spacial score (nSPS) is 12.6. The third-order valence-corrected chi connectivity index (χ3v) is 12.6. The van der Waals surface area contributed by atoms with Crippen molar-refractivity contribution in [1.29, 1.82) is 0 Å². The molecule has 0 saturated carbocycles. The van der Waals surface area contributed by atoms with Crippen LogP contribution < -0.4 is 4.90 Å². The minimum atomic E-state index is -0.169. The Morgan fingerprint density at radius 1 is 0.317 bits per heavy atom. The van der Waals surface area contributed by atoms with Crippen LogP contribution in [0.1, 0.15) is 25.0 Å². The van der Waals surface area contributed by atoms with Gasteiger partial charge in [-0.2, -0.15) is 0 Å². The lowest BCUT2D eigenvalue weighted by Gasteiger charge is -2.32. The second kappa shape index (κ2) is 14.4. The van der Waals surface area contributed by atoms with Crippen LogP contribution in [0.4, 0.5) is 17.1 Å². The summed E-state index contributed by atoms with van der Waals surface area (Å²) in [7, 11) is 0. The van der Waals surface area contributed by atoms with Crippen molar-refractivity contribution >= 4 is 38.6 Å². The van der Waals surface area contributed by atoms with Crippen molar-refractivity contribution in [3.63, 3.8) is 0 Å². The molecule has 60 heavy (non-hydrogen) atoms. The molecule has 284 valence electrons. The molecule has 1 heteroatoms. The first kappa shape index (κ1) is 35.7. The second-order valence-corrected chi connectivity index (χ2v) is 16.5. The Bertz CT molecular complexity index is 3160. The summed E-state index contributed by atoms with van der Waals surface area (Å²) in [5, 5.41) is 4.90. The molecule has 0 spiro atoms. The average molecular weight is 766 g/mol. The van der Waals surface area contributed by atoms with Crippen LogP contribution in [0.5, 0.6) is 0 Å². The number of nitrogens with zero attached hydrogens (tertiary/aromatic N) is 1. The van der Waals surface area contributed by atoms with Gasteiger partial charge in [0, 0.05) is 22.4 Å². The van der Waals surface area contributed by atoms with Gasteiger partial charge in [-0.25, -0.2) is 0 Å². The van der Waals surface area contributed by atoms with Gasteiger partial charge in [0.05, 0.1) is 5.69 Å². The minimum absolute atomic E-state index is 0.169. The van der Waals surface area contributed by atoms with Crippen molar-refractivity contribution in [2.45, 2.75) is 19.3 Å². The van der Waals surface area contributed by atoms with Crippen LogP contribution in [0.25, 0.3) is 77.2 Å². The molecule has 1 aliphatic carbocycles. The molecule has 0 fully saturated rings. The van der Waals surface area contributed by atoms with E-state index in [1.165, 1.54) is 88.3 Å². The molecule has 1 nitrogen and oxygen atoms in total. The molecule has 0 amide bonds. The molecule has 10 aromatic carbocycles. The van der Waals surface area contributed by atoms with Crippen molar-refractivity contribution in [1.82, 2.24) is 0 Å². The van der Waals surface area contributed by atoms with Gasteiger partial charge in [-0.15, -0.1) is 0 Å². The van der Waals surface area contributed by atoms with Gasteiger partial charge in [-0.1, -0.05) is 202 Å². The number of rotatable bonds is 7. The smallest absolute Gasteiger partial charge is 0.0546 e. The van der Waals surface area contributed by atoms with Gasteiger partial charge >= 0.3 is 0 Å². The first-order valence-electron chi connectivity index (χ1n) is 20.9. The Hall–Kier alpha value is -7.48. The van der Waals surface area contributed by atoms with Crippen LogP contribution in [0.3, 0.4) is 0 Å². The monoisotopic (exact) mass is 765 g/mol. The molecule has 0 N–H and O–H groups in total. The zero-order chi connectivity index (χ0) is 40.2. The van der Waals surface area contributed by atoms with Crippen LogP contribution in [0.2, 0.25) is 0 Å². The van der Waals surface area contributed by atoms with E-state index in [9.17, 15) is 0 Å². The average Bonchev–Trinajstić information content (AvgIpc) is 3.54. The fourth-order valence-electron chi connectivity index (χ4n) is 9.73. The molecule has 10 aromatic rings. The summed E-state index contributed by atoms with van der Waals surface area (Å²) in [6, 6.07) is 82.7. The third-order valence-electron chi connectivity index (χ3n) is 12.6. The summed E-state index contributed by atoms with van der Waals surface area (Å²) in [5.74, 6) is 0. The largest absolute Gasteiger partial charge is 0.310 e. The van der Waals surface area contributed by atoms with Crippen molar-refractivity contribution in [3.05, 3.63) is 236 Å². The van der Waals surface area contributed by atoms with E-state index in [1.54, 1.807) is 0 Å². The van der Waals surface area contributed by atoms with Gasteiger partial charge in [0.2, 0.25) is 0 Å². The lowest BCUT2D eigenvalue weighted by atomic mass is 9.82. The van der Waals surface area contributed by atoms with E-state index in [1.807, 2.05) is 0 Å². The summed E-state index contributed by atoms with van der Waals surface area (Å²) in [4.78, 5) is 2.53. The molecule has 0 aliphatic heterocycles. The molecule has 0 saturated heterocycles. The van der Waals surface area contributed by atoms with Gasteiger partial charge < -0.3 is 4.90 Å². The molecule has 0 heterocycles. The standard InChI is InChI=1S/C59H43N/c1-59(2)55-32-14-13-28-51(55)52-35-34-46(39-56(52)59)60(47-37-44(40-18-5-3-6-19-40)36-45(38-47)41-20-7-4-8-21-41)57-33-17-31-54(50-29-15-24-42-22-9-11-26-48(42)50)58(57)53-30-16-25-43-23-10-12-27-49(43)53/h3-39H,1-2H3. The zero-order valence-electron chi connectivity index (χ0n) is 33.8. The van der Waals surface area contributed by atoms with E-state index in [0.717, 1.165) is 17.1 Å². The Balaban J connectivity index is 1.26. The number of anilines is 3. The highest BCUT2D eigenvalue weighted by molar-refractivity contribution is 6.10. The molecule has 1 aliphatic rings. The third kappa shape index (κ3) is 5.93. The van der Waals surface area contributed by atoms with E-state index in [4.69, 9.17) is 0 Å². The van der Waals surface area contributed by atoms with Crippen LogP contribution in [-0.2, 0) is 5.41 Å². The Labute approximate surface area is 352 Å².